The van der Waals surface area contributed by atoms with E-state index in [1.54, 1.807) is 0 Å². The van der Waals surface area contributed by atoms with Gasteiger partial charge in [-0.15, -0.1) is 5.10 Å². The first-order valence-electron chi connectivity index (χ1n) is 9.51. The number of rotatable bonds is 4. The number of pyridine rings is 2. The molecule has 0 amide bonds. The quantitative estimate of drug-likeness (QED) is 0.469. The van der Waals surface area contributed by atoms with Crippen molar-refractivity contribution in [2.24, 2.45) is 7.05 Å². The van der Waals surface area contributed by atoms with Gasteiger partial charge in [0.05, 0.1) is 22.8 Å². The third-order valence-corrected chi connectivity index (χ3v) is 5.21. The van der Waals surface area contributed by atoms with Crippen LogP contribution in [0.1, 0.15) is 23.1 Å². The molecular formula is C23H20N6. The number of hydrogen-bond donors (Lipinski definition) is 0. The van der Waals surface area contributed by atoms with E-state index in [2.05, 4.69) is 55.3 Å². The minimum absolute atomic E-state index is 0.115. The highest BCUT2D eigenvalue weighted by Gasteiger charge is 2.21. The second kappa shape index (κ2) is 6.98. The van der Waals surface area contributed by atoms with Gasteiger partial charge in [0.1, 0.15) is 6.04 Å². The average Bonchev–Trinajstić information content (AvgIpc) is 3.32. The highest BCUT2D eigenvalue weighted by molar-refractivity contribution is 5.85. The first-order chi connectivity index (χ1) is 14.2. The minimum atomic E-state index is -0.115. The molecule has 0 unspecified atom stereocenters. The molecule has 0 saturated heterocycles. The Bertz CT molecular complexity index is 1210. The zero-order chi connectivity index (χ0) is 19.8. The van der Waals surface area contributed by atoms with Gasteiger partial charge in [0, 0.05) is 36.7 Å². The second-order valence-corrected chi connectivity index (χ2v) is 7.06. The summed E-state index contributed by atoms with van der Waals surface area (Å²) in [6, 6.07) is 20.5. The zero-order valence-corrected chi connectivity index (χ0v) is 16.3. The maximum atomic E-state index is 4.63. The first kappa shape index (κ1) is 17.3. The van der Waals surface area contributed by atoms with Crippen molar-refractivity contribution >= 4 is 10.9 Å². The molecule has 4 heterocycles. The molecule has 6 heteroatoms. The summed E-state index contributed by atoms with van der Waals surface area (Å²) in [6.07, 6.45) is 5.76. The van der Waals surface area contributed by atoms with Gasteiger partial charge in [-0.2, -0.15) is 0 Å². The van der Waals surface area contributed by atoms with E-state index in [0.717, 1.165) is 33.9 Å². The lowest BCUT2D eigenvalue weighted by molar-refractivity contribution is 0.662. The van der Waals surface area contributed by atoms with Crippen LogP contribution in [0.5, 0.6) is 0 Å². The van der Waals surface area contributed by atoms with Gasteiger partial charge in [-0.25, -0.2) is 4.68 Å². The van der Waals surface area contributed by atoms with Crippen LogP contribution in [0.2, 0.25) is 0 Å². The molecule has 0 atom stereocenters. The van der Waals surface area contributed by atoms with Crippen molar-refractivity contribution in [1.29, 1.82) is 0 Å². The number of fused-ring (bicyclic) bond motifs is 1. The molecule has 0 spiro atoms. The second-order valence-electron chi connectivity index (χ2n) is 7.06. The van der Waals surface area contributed by atoms with E-state index in [4.69, 9.17) is 0 Å². The molecule has 1 aromatic carbocycles. The number of aromatic nitrogens is 6. The van der Waals surface area contributed by atoms with Crippen LogP contribution in [0.15, 0.2) is 79.3 Å². The molecule has 142 valence electrons. The van der Waals surface area contributed by atoms with Crippen LogP contribution in [-0.4, -0.2) is 29.5 Å². The predicted molar refractivity (Wildman–Crippen MR) is 112 cm³/mol. The third-order valence-electron chi connectivity index (χ3n) is 5.21. The molecule has 0 aliphatic carbocycles. The highest BCUT2D eigenvalue weighted by Crippen LogP contribution is 2.32. The molecule has 0 N–H and O–H groups in total. The Hall–Kier alpha value is -3.80. The van der Waals surface area contributed by atoms with Crippen LogP contribution in [0.25, 0.3) is 22.2 Å². The van der Waals surface area contributed by atoms with Gasteiger partial charge in [0.25, 0.3) is 0 Å². The molecule has 0 radical (unpaired) electrons. The molecule has 5 rings (SSSR count). The average molecular weight is 380 g/mol. The van der Waals surface area contributed by atoms with Crippen molar-refractivity contribution in [3.05, 3.63) is 96.3 Å². The van der Waals surface area contributed by atoms with E-state index < -0.39 is 0 Å². The molecule has 0 bridgehead atoms. The summed E-state index contributed by atoms with van der Waals surface area (Å²) >= 11 is 0. The van der Waals surface area contributed by atoms with Crippen LogP contribution < -0.4 is 0 Å². The van der Waals surface area contributed by atoms with Crippen molar-refractivity contribution in [2.45, 2.75) is 13.0 Å². The molecule has 0 fully saturated rings. The molecule has 6 nitrogen and oxygen atoms in total. The van der Waals surface area contributed by atoms with Crippen molar-refractivity contribution in [2.75, 3.05) is 0 Å². The van der Waals surface area contributed by atoms with Crippen molar-refractivity contribution in [3.8, 4) is 11.3 Å². The number of aryl methyl sites for hydroxylation is 2. The maximum absolute atomic E-state index is 4.63. The van der Waals surface area contributed by atoms with Gasteiger partial charge in [-0.1, -0.05) is 29.5 Å². The fraction of sp³-hybridized carbons (Fsp3) is 0.130. The van der Waals surface area contributed by atoms with Crippen molar-refractivity contribution in [3.63, 3.8) is 0 Å². The topological polar surface area (TPSA) is 61.4 Å². The van der Waals surface area contributed by atoms with E-state index >= 15 is 0 Å². The summed E-state index contributed by atoms with van der Waals surface area (Å²) in [5.74, 6) is 0. The summed E-state index contributed by atoms with van der Waals surface area (Å²) in [4.78, 5) is 9.27. The van der Waals surface area contributed by atoms with E-state index in [-0.39, 0.29) is 6.04 Å². The molecule has 0 saturated carbocycles. The molecule has 0 aliphatic rings. The molecule has 5 aromatic rings. The van der Waals surface area contributed by atoms with Crippen molar-refractivity contribution < 1.29 is 0 Å². The summed E-state index contributed by atoms with van der Waals surface area (Å²) in [5, 5.41) is 9.52. The zero-order valence-electron chi connectivity index (χ0n) is 16.3. The number of hydrogen-bond acceptors (Lipinski definition) is 4. The number of nitrogens with zero attached hydrogens (tertiary/aromatic N) is 6. The van der Waals surface area contributed by atoms with E-state index in [0.29, 0.717) is 0 Å². The fourth-order valence-corrected chi connectivity index (χ4v) is 3.89. The molecular weight excluding hydrogens is 360 g/mol. The number of benzene rings is 1. The monoisotopic (exact) mass is 380 g/mol. The summed E-state index contributed by atoms with van der Waals surface area (Å²) < 4.78 is 4.06. The van der Waals surface area contributed by atoms with Gasteiger partial charge < -0.3 is 4.57 Å². The Kier molecular flexibility index (Phi) is 4.17. The molecule has 4 aromatic heterocycles. The largest absolute Gasteiger partial charge is 0.333 e. The summed E-state index contributed by atoms with van der Waals surface area (Å²) in [7, 11) is 1.92. The van der Waals surface area contributed by atoms with E-state index in [9.17, 15) is 0 Å². The SMILES string of the molecule is Cc1nnn(C)c1-c1ccc2ccn(C(c3ccccn3)c3ccccn3)c2c1. The van der Waals surface area contributed by atoms with Gasteiger partial charge in [-0.05, 0) is 48.7 Å². The van der Waals surface area contributed by atoms with Gasteiger partial charge in [0.2, 0.25) is 0 Å². The minimum Gasteiger partial charge on any atom is -0.333 e. The summed E-state index contributed by atoms with van der Waals surface area (Å²) in [6.45, 7) is 1.98. The lowest BCUT2D eigenvalue weighted by Crippen LogP contribution is -2.14. The normalized spacial score (nSPS) is 11.4. The van der Waals surface area contributed by atoms with Crippen LogP contribution in [0.4, 0.5) is 0 Å². The Morgan fingerprint density at radius 2 is 1.59 bits per heavy atom. The van der Waals surface area contributed by atoms with Gasteiger partial charge >= 0.3 is 0 Å². The van der Waals surface area contributed by atoms with Crippen LogP contribution in [0.3, 0.4) is 0 Å². The highest BCUT2D eigenvalue weighted by atomic mass is 15.4. The summed E-state index contributed by atoms with van der Waals surface area (Å²) in [5.41, 5.74) is 6.04. The first-order valence-corrected chi connectivity index (χ1v) is 9.51. The lowest BCUT2D eigenvalue weighted by Gasteiger charge is -2.20. The Morgan fingerprint density at radius 1 is 0.862 bits per heavy atom. The lowest BCUT2D eigenvalue weighted by atomic mass is 10.1. The van der Waals surface area contributed by atoms with E-state index in [1.807, 2.05) is 67.4 Å². The Morgan fingerprint density at radius 3 is 2.17 bits per heavy atom. The Balaban J connectivity index is 1.73. The smallest absolute Gasteiger partial charge is 0.118 e. The van der Waals surface area contributed by atoms with E-state index in [1.165, 1.54) is 5.39 Å². The Labute approximate surface area is 168 Å². The molecule has 29 heavy (non-hydrogen) atoms. The van der Waals surface area contributed by atoms with Crippen molar-refractivity contribution in [1.82, 2.24) is 29.5 Å². The van der Waals surface area contributed by atoms with Crippen LogP contribution in [0, 0.1) is 6.92 Å². The van der Waals surface area contributed by atoms with Gasteiger partial charge in [-0.3, -0.25) is 9.97 Å². The van der Waals surface area contributed by atoms with Crippen LogP contribution >= 0.6 is 0 Å². The standard InChI is InChI=1S/C23H20N6/c1-16-22(28(2)27-26-16)18-10-9-17-11-14-29(21(17)15-18)23(19-7-3-5-12-24-19)20-8-4-6-13-25-20/h3-15,23H,1-2H3. The van der Waals surface area contributed by atoms with Crippen LogP contribution in [-0.2, 0) is 7.05 Å². The fourth-order valence-electron chi connectivity index (χ4n) is 3.89. The maximum Gasteiger partial charge on any atom is 0.118 e. The van der Waals surface area contributed by atoms with Gasteiger partial charge in [0.15, 0.2) is 0 Å². The third kappa shape index (κ3) is 2.99. The predicted octanol–water partition coefficient (Wildman–Crippen LogP) is 4.17. The molecule has 0 aliphatic heterocycles.